The Kier molecular flexibility index (Phi) is 4.14. The number of pyridine rings is 1. The fraction of sp³-hybridized carbons (Fsp3) is 0.375. The van der Waals surface area contributed by atoms with E-state index in [0.717, 1.165) is 0 Å². The second kappa shape index (κ2) is 5.69. The molecule has 0 spiro atoms. The Bertz CT molecular complexity index is 664. The second-order valence-electron chi connectivity index (χ2n) is 5.62. The Labute approximate surface area is 123 Å². The van der Waals surface area contributed by atoms with Crippen LogP contribution in [0.1, 0.15) is 31.1 Å². The van der Waals surface area contributed by atoms with Crippen molar-refractivity contribution in [3.63, 3.8) is 0 Å². The molecule has 2 aromatic rings. The van der Waals surface area contributed by atoms with E-state index in [9.17, 15) is 15.0 Å². The van der Waals surface area contributed by atoms with Gasteiger partial charge in [0.25, 0.3) is 0 Å². The van der Waals surface area contributed by atoms with Crippen LogP contribution >= 0.6 is 0 Å². The lowest BCUT2D eigenvalue weighted by Gasteiger charge is -2.27. The predicted molar refractivity (Wildman–Crippen MR) is 79.7 cm³/mol. The summed E-state index contributed by atoms with van der Waals surface area (Å²) >= 11 is 0. The van der Waals surface area contributed by atoms with Gasteiger partial charge in [-0.3, -0.25) is 4.98 Å². The summed E-state index contributed by atoms with van der Waals surface area (Å²) in [6.07, 6.45) is 1.39. The zero-order valence-electron chi connectivity index (χ0n) is 12.3. The lowest BCUT2D eigenvalue weighted by molar-refractivity contribution is -0.0269. The molecule has 2 rings (SSSR count). The molecule has 0 saturated carbocycles. The number of hydrogen-bond acceptors (Lipinski definition) is 4. The highest BCUT2D eigenvalue weighted by atomic mass is 16.5. The van der Waals surface area contributed by atoms with Gasteiger partial charge in [0.15, 0.2) is 5.75 Å². The van der Waals surface area contributed by atoms with E-state index < -0.39 is 11.6 Å². The summed E-state index contributed by atoms with van der Waals surface area (Å²) in [5.41, 5.74) is -0.375. The molecular formula is C16H19NO4. The first kappa shape index (κ1) is 15.3. The number of aromatic nitrogens is 1. The fourth-order valence-electron chi connectivity index (χ4n) is 1.84. The van der Waals surface area contributed by atoms with Gasteiger partial charge in [0.2, 0.25) is 0 Å². The third kappa shape index (κ3) is 3.13. The minimum absolute atomic E-state index is 0.00493. The molecule has 1 atom stereocenters. The van der Waals surface area contributed by atoms with E-state index in [-0.39, 0.29) is 23.8 Å². The highest BCUT2D eigenvalue weighted by Crippen LogP contribution is 2.27. The van der Waals surface area contributed by atoms with Crippen LogP contribution in [0.3, 0.4) is 0 Å². The summed E-state index contributed by atoms with van der Waals surface area (Å²) in [4.78, 5) is 15.7. The van der Waals surface area contributed by atoms with Crippen LogP contribution in [0.5, 0.6) is 5.75 Å². The van der Waals surface area contributed by atoms with E-state index in [1.807, 2.05) is 13.8 Å². The van der Waals surface area contributed by atoms with Crippen LogP contribution in [0, 0.1) is 5.92 Å². The number of carboxylic acids is 1. The van der Waals surface area contributed by atoms with E-state index in [4.69, 9.17) is 4.74 Å². The number of nitrogens with zero attached hydrogens (tertiary/aromatic N) is 1. The quantitative estimate of drug-likeness (QED) is 0.884. The molecule has 0 fully saturated rings. The van der Waals surface area contributed by atoms with Crippen molar-refractivity contribution in [3.05, 3.63) is 36.0 Å². The fourth-order valence-corrected chi connectivity index (χ4v) is 1.84. The number of rotatable bonds is 5. The average molecular weight is 289 g/mol. The van der Waals surface area contributed by atoms with Gasteiger partial charge in [-0.05, 0) is 18.9 Å². The Morgan fingerprint density at radius 1 is 1.38 bits per heavy atom. The van der Waals surface area contributed by atoms with Gasteiger partial charge >= 0.3 is 5.97 Å². The third-order valence-electron chi connectivity index (χ3n) is 3.72. The largest absolute Gasteiger partial charge is 0.488 e. The number of ether oxygens (including phenoxy) is 1. The van der Waals surface area contributed by atoms with E-state index in [0.29, 0.717) is 10.9 Å². The summed E-state index contributed by atoms with van der Waals surface area (Å²) < 4.78 is 5.54. The normalized spacial score (nSPS) is 14.1. The molecule has 0 amide bonds. The van der Waals surface area contributed by atoms with Gasteiger partial charge in [0, 0.05) is 5.39 Å². The minimum atomic E-state index is -1.08. The van der Waals surface area contributed by atoms with E-state index in [2.05, 4.69) is 4.98 Å². The molecule has 5 heteroatoms. The lowest BCUT2D eigenvalue weighted by atomic mass is 9.94. The SMILES string of the molecule is CC(C)C(C)(O)COc1cnc2ccccc2c1C(=O)O. The molecule has 0 aliphatic carbocycles. The molecule has 1 heterocycles. The first-order chi connectivity index (χ1) is 9.83. The number of carboxylic acid groups (broad SMARTS) is 1. The standard InChI is InChI=1S/C16H19NO4/c1-10(2)16(3,20)9-21-13-8-17-12-7-5-4-6-11(12)14(13)15(18)19/h4-8,10,20H,9H2,1-3H3,(H,18,19). The van der Waals surface area contributed by atoms with Crippen molar-refractivity contribution in [3.8, 4) is 5.75 Å². The van der Waals surface area contributed by atoms with Crippen LogP contribution in [0.15, 0.2) is 30.5 Å². The molecule has 5 nitrogen and oxygen atoms in total. The van der Waals surface area contributed by atoms with Crippen molar-refractivity contribution in [2.24, 2.45) is 5.92 Å². The van der Waals surface area contributed by atoms with Gasteiger partial charge in [-0.15, -0.1) is 0 Å². The molecule has 1 unspecified atom stereocenters. The average Bonchev–Trinajstić information content (AvgIpc) is 2.43. The molecule has 1 aromatic carbocycles. The summed E-state index contributed by atoms with van der Waals surface area (Å²) in [7, 11) is 0. The first-order valence-corrected chi connectivity index (χ1v) is 6.79. The summed E-state index contributed by atoms with van der Waals surface area (Å²) in [5, 5.41) is 20.2. The van der Waals surface area contributed by atoms with Gasteiger partial charge in [-0.1, -0.05) is 32.0 Å². The van der Waals surface area contributed by atoms with Crippen molar-refractivity contribution >= 4 is 16.9 Å². The smallest absolute Gasteiger partial charge is 0.340 e. The lowest BCUT2D eigenvalue weighted by Crippen LogP contribution is -2.38. The Morgan fingerprint density at radius 2 is 2.05 bits per heavy atom. The highest BCUT2D eigenvalue weighted by molar-refractivity contribution is 6.04. The van der Waals surface area contributed by atoms with Crippen LogP contribution in [-0.4, -0.2) is 33.4 Å². The van der Waals surface area contributed by atoms with E-state index in [1.165, 1.54) is 6.20 Å². The van der Waals surface area contributed by atoms with E-state index in [1.54, 1.807) is 31.2 Å². The molecule has 0 saturated heterocycles. The number of para-hydroxylation sites is 1. The summed E-state index contributed by atoms with van der Waals surface area (Å²) in [5.74, 6) is -0.922. The number of fused-ring (bicyclic) bond motifs is 1. The maximum Gasteiger partial charge on any atom is 0.340 e. The molecular weight excluding hydrogens is 270 g/mol. The Hall–Kier alpha value is -2.14. The minimum Gasteiger partial charge on any atom is -0.488 e. The topological polar surface area (TPSA) is 79.7 Å². The van der Waals surface area contributed by atoms with Crippen molar-refractivity contribution in [2.45, 2.75) is 26.4 Å². The summed E-state index contributed by atoms with van der Waals surface area (Å²) in [6, 6.07) is 6.99. The van der Waals surface area contributed by atoms with Crippen LogP contribution in [0.2, 0.25) is 0 Å². The molecule has 0 aliphatic heterocycles. The van der Waals surface area contributed by atoms with Crippen LogP contribution in [0.25, 0.3) is 10.9 Å². The summed E-state index contributed by atoms with van der Waals surface area (Å²) in [6.45, 7) is 5.41. The molecule has 0 bridgehead atoms. The molecule has 2 N–H and O–H groups in total. The second-order valence-corrected chi connectivity index (χ2v) is 5.62. The maximum atomic E-state index is 11.5. The molecule has 0 radical (unpaired) electrons. The predicted octanol–water partition coefficient (Wildman–Crippen LogP) is 2.72. The number of benzene rings is 1. The third-order valence-corrected chi connectivity index (χ3v) is 3.72. The molecule has 0 aliphatic rings. The van der Waals surface area contributed by atoms with Crippen molar-refractivity contribution in [1.29, 1.82) is 0 Å². The van der Waals surface area contributed by atoms with Crippen molar-refractivity contribution < 1.29 is 19.7 Å². The highest BCUT2D eigenvalue weighted by Gasteiger charge is 2.27. The van der Waals surface area contributed by atoms with Gasteiger partial charge in [-0.2, -0.15) is 0 Å². The van der Waals surface area contributed by atoms with Gasteiger partial charge < -0.3 is 14.9 Å². The number of aliphatic hydroxyl groups is 1. The maximum absolute atomic E-state index is 11.5. The Morgan fingerprint density at radius 3 is 2.67 bits per heavy atom. The molecule has 21 heavy (non-hydrogen) atoms. The number of hydrogen-bond donors (Lipinski definition) is 2. The molecule has 112 valence electrons. The van der Waals surface area contributed by atoms with Crippen LogP contribution in [-0.2, 0) is 0 Å². The number of carbonyl (C=O) groups is 1. The van der Waals surface area contributed by atoms with Crippen molar-refractivity contribution in [2.75, 3.05) is 6.61 Å². The molecule has 1 aromatic heterocycles. The van der Waals surface area contributed by atoms with Crippen molar-refractivity contribution in [1.82, 2.24) is 4.98 Å². The van der Waals surface area contributed by atoms with Crippen LogP contribution in [0.4, 0.5) is 0 Å². The monoisotopic (exact) mass is 289 g/mol. The van der Waals surface area contributed by atoms with Gasteiger partial charge in [0.05, 0.1) is 17.3 Å². The first-order valence-electron chi connectivity index (χ1n) is 6.79. The number of aromatic carboxylic acids is 1. The zero-order chi connectivity index (χ0) is 15.6. The van der Waals surface area contributed by atoms with Gasteiger partial charge in [-0.25, -0.2) is 4.79 Å². The zero-order valence-corrected chi connectivity index (χ0v) is 12.3. The van der Waals surface area contributed by atoms with E-state index >= 15 is 0 Å². The van der Waals surface area contributed by atoms with Crippen LogP contribution < -0.4 is 4.74 Å². The van der Waals surface area contributed by atoms with Gasteiger partial charge in [0.1, 0.15) is 12.2 Å². The Balaban J connectivity index is 2.40.